The second-order valence-electron chi connectivity index (χ2n) is 4.62. The van der Waals surface area contributed by atoms with Crippen molar-refractivity contribution in [3.8, 4) is 0 Å². The van der Waals surface area contributed by atoms with Crippen LogP contribution in [0, 0.1) is 0 Å². The van der Waals surface area contributed by atoms with Crippen LogP contribution in [0.4, 0.5) is 0 Å². The topological polar surface area (TPSA) is 41.5 Å². The highest BCUT2D eigenvalue weighted by molar-refractivity contribution is 5.22. The molecular weight excluding hydrogens is 214 g/mol. The zero-order valence-electron chi connectivity index (χ0n) is 10.3. The van der Waals surface area contributed by atoms with Gasteiger partial charge in [-0.3, -0.25) is 0 Å². The molecule has 2 rings (SSSR count). The van der Waals surface area contributed by atoms with Crippen LogP contribution in [0.25, 0.3) is 0 Å². The van der Waals surface area contributed by atoms with Gasteiger partial charge in [0.15, 0.2) is 6.29 Å². The Bertz CT molecular complexity index is 322. The summed E-state index contributed by atoms with van der Waals surface area (Å²) in [5, 5.41) is 13.6. The van der Waals surface area contributed by atoms with Gasteiger partial charge in [0.05, 0.1) is 5.92 Å². The predicted octanol–water partition coefficient (Wildman–Crippen LogP) is 1.88. The van der Waals surface area contributed by atoms with Crippen molar-refractivity contribution >= 4 is 0 Å². The van der Waals surface area contributed by atoms with Crippen LogP contribution in [-0.4, -0.2) is 31.1 Å². The molecule has 0 aliphatic carbocycles. The SMILES string of the molecule is COC(O)[C@@H](c1ccccc1)[C@H]1CCCCN1. The first-order chi connectivity index (χ1) is 8.33. The molecule has 0 bridgehead atoms. The van der Waals surface area contributed by atoms with Gasteiger partial charge in [-0.15, -0.1) is 0 Å². The number of ether oxygens (including phenoxy) is 1. The first kappa shape index (κ1) is 12.6. The van der Waals surface area contributed by atoms with E-state index in [2.05, 4.69) is 17.4 Å². The maximum Gasteiger partial charge on any atom is 0.162 e. The highest BCUT2D eigenvalue weighted by atomic mass is 16.6. The minimum Gasteiger partial charge on any atom is -0.367 e. The van der Waals surface area contributed by atoms with Crippen molar-refractivity contribution in [3.05, 3.63) is 35.9 Å². The zero-order valence-corrected chi connectivity index (χ0v) is 10.3. The van der Waals surface area contributed by atoms with Gasteiger partial charge in [0, 0.05) is 13.2 Å². The fourth-order valence-electron chi connectivity index (χ4n) is 2.60. The van der Waals surface area contributed by atoms with Crippen LogP contribution >= 0.6 is 0 Å². The second kappa shape index (κ2) is 6.15. The third kappa shape index (κ3) is 3.06. The van der Waals surface area contributed by atoms with Crippen molar-refractivity contribution in [1.29, 1.82) is 0 Å². The van der Waals surface area contributed by atoms with E-state index in [1.165, 1.54) is 12.8 Å². The second-order valence-corrected chi connectivity index (χ2v) is 4.62. The van der Waals surface area contributed by atoms with Crippen LogP contribution in [0.3, 0.4) is 0 Å². The third-order valence-electron chi connectivity index (χ3n) is 3.52. The van der Waals surface area contributed by atoms with E-state index >= 15 is 0 Å². The standard InChI is InChI=1S/C14H21NO2/c1-17-14(16)13(11-7-3-2-4-8-11)12-9-5-6-10-15-12/h2-4,7-8,12-16H,5-6,9-10H2,1H3/t12-,13+,14?/m1/s1. The lowest BCUT2D eigenvalue weighted by atomic mass is 9.86. The Labute approximate surface area is 103 Å². The number of piperidine rings is 1. The first-order valence-electron chi connectivity index (χ1n) is 6.32. The van der Waals surface area contributed by atoms with Crippen molar-refractivity contribution in [2.45, 2.75) is 37.5 Å². The summed E-state index contributed by atoms with van der Waals surface area (Å²) < 4.78 is 5.14. The average molecular weight is 235 g/mol. The van der Waals surface area contributed by atoms with E-state index in [1.807, 2.05) is 18.2 Å². The molecule has 94 valence electrons. The summed E-state index contributed by atoms with van der Waals surface area (Å²) in [6.07, 6.45) is 2.80. The van der Waals surface area contributed by atoms with Crippen LogP contribution < -0.4 is 5.32 Å². The molecule has 1 saturated heterocycles. The number of hydrogen-bond donors (Lipinski definition) is 2. The van der Waals surface area contributed by atoms with Crippen molar-refractivity contribution < 1.29 is 9.84 Å². The van der Waals surface area contributed by atoms with Crippen molar-refractivity contribution in [3.63, 3.8) is 0 Å². The largest absolute Gasteiger partial charge is 0.367 e. The van der Waals surface area contributed by atoms with Gasteiger partial charge >= 0.3 is 0 Å². The lowest BCUT2D eigenvalue weighted by Gasteiger charge is -2.34. The molecule has 1 heterocycles. The molecule has 0 amide bonds. The van der Waals surface area contributed by atoms with E-state index in [0.29, 0.717) is 6.04 Å². The summed E-state index contributed by atoms with van der Waals surface area (Å²) in [7, 11) is 1.56. The van der Waals surface area contributed by atoms with E-state index < -0.39 is 6.29 Å². The van der Waals surface area contributed by atoms with Gasteiger partial charge in [-0.1, -0.05) is 36.8 Å². The maximum absolute atomic E-state index is 10.1. The Balaban J connectivity index is 2.18. The quantitative estimate of drug-likeness (QED) is 0.783. The minimum absolute atomic E-state index is 0.0153. The first-order valence-corrected chi connectivity index (χ1v) is 6.32. The lowest BCUT2D eigenvalue weighted by molar-refractivity contribution is -0.0995. The molecule has 1 aliphatic heterocycles. The van der Waals surface area contributed by atoms with Crippen LogP contribution in [0.5, 0.6) is 0 Å². The highest BCUT2D eigenvalue weighted by Gasteiger charge is 2.30. The minimum atomic E-state index is -0.743. The van der Waals surface area contributed by atoms with E-state index in [0.717, 1.165) is 18.5 Å². The van der Waals surface area contributed by atoms with Crippen LogP contribution in [-0.2, 0) is 4.74 Å². The Morgan fingerprint density at radius 3 is 2.65 bits per heavy atom. The van der Waals surface area contributed by atoms with Gasteiger partial charge in [0.25, 0.3) is 0 Å². The third-order valence-corrected chi connectivity index (χ3v) is 3.52. The summed E-state index contributed by atoms with van der Waals surface area (Å²) >= 11 is 0. The molecule has 1 aliphatic rings. The molecule has 2 N–H and O–H groups in total. The smallest absolute Gasteiger partial charge is 0.162 e. The Morgan fingerprint density at radius 1 is 1.29 bits per heavy atom. The molecule has 3 atom stereocenters. The number of rotatable bonds is 4. The van der Waals surface area contributed by atoms with Crippen molar-refractivity contribution in [2.24, 2.45) is 0 Å². The van der Waals surface area contributed by atoms with Gasteiger partial charge in [-0.2, -0.15) is 0 Å². The van der Waals surface area contributed by atoms with Crippen molar-refractivity contribution in [1.82, 2.24) is 5.32 Å². The molecule has 3 nitrogen and oxygen atoms in total. The van der Waals surface area contributed by atoms with Crippen LogP contribution in [0.15, 0.2) is 30.3 Å². The maximum atomic E-state index is 10.1. The number of aliphatic hydroxyl groups is 1. The highest BCUT2D eigenvalue weighted by Crippen LogP contribution is 2.28. The predicted molar refractivity (Wildman–Crippen MR) is 67.8 cm³/mol. The molecule has 1 aromatic carbocycles. The molecule has 3 heteroatoms. The summed E-state index contributed by atoms with van der Waals surface area (Å²) in [5.74, 6) is 0.0153. The number of hydrogen-bond acceptors (Lipinski definition) is 3. The molecule has 1 aromatic rings. The van der Waals surface area contributed by atoms with Gasteiger partial charge in [-0.05, 0) is 24.9 Å². The summed E-state index contributed by atoms with van der Waals surface area (Å²) in [5.41, 5.74) is 1.14. The van der Waals surface area contributed by atoms with E-state index in [1.54, 1.807) is 7.11 Å². The normalized spacial score (nSPS) is 24.2. The molecule has 0 saturated carbocycles. The number of aliphatic hydroxyl groups excluding tert-OH is 1. The van der Waals surface area contributed by atoms with Crippen LogP contribution in [0.2, 0.25) is 0 Å². The monoisotopic (exact) mass is 235 g/mol. The average Bonchev–Trinajstić information content (AvgIpc) is 2.41. The van der Waals surface area contributed by atoms with Crippen molar-refractivity contribution in [2.75, 3.05) is 13.7 Å². The molecular formula is C14H21NO2. The number of methoxy groups -OCH3 is 1. The zero-order chi connectivity index (χ0) is 12.1. The van der Waals surface area contributed by atoms with Gasteiger partial charge in [0.2, 0.25) is 0 Å². The summed E-state index contributed by atoms with van der Waals surface area (Å²) in [6.45, 7) is 1.03. The molecule has 1 unspecified atom stereocenters. The Hall–Kier alpha value is -0.900. The molecule has 1 fully saturated rings. The summed E-state index contributed by atoms with van der Waals surface area (Å²) in [4.78, 5) is 0. The van der Waals surface area contributed by atoms with Crippen LogP contribution in [0.1, 0.15) is 30.7 Å². The molecule has 17 heavy (non-hydrogen) atoms. The molecule has 0 spiro atoms. The number of benzene rings is 1. The lowest BCUT2D eigenvalue weighted by Crippen LogP contribution is -2.43. The Kier molecular flexibility index (Phi) is 4.54. The summed E-state index contributed by atoms with van der Waals surface area (Å²) in [6, 6.07) is 10.4. The van der Waals surface area contributed by atoms with Gasteiger partial charge in [-0.25, -0.2) is 0 Å². The fraction of sp³-hybridized carbons (Fsp3) is 0.571. The number of nitrogens with one attached hydrogen (secondary N) is 1. The van der Waals surface area contributed by atoms with Gasteiger partial charge < -0.3 is 15.2 Å². The molecule has 0 radical (unpaired) electrons. The van der Waals surface area contributed by atoms with E-state index in [4.69, 9.17) is 4.74 Å². The van der Waals surface area contributed by atoms with Gasteiger partial charge in [0.1, 0.15) is 0 Å². The fourth-order valence-corrected chi connectivity index (χ4v) is 2.60. The van der Waals surface area contributed by atoms with E-state index in [-0.39, 0.29) is 5.92 Å². The van der Waals surface area contributed by atoms with E-state index in [9.17, 15) is 5.11 Å². The Morgan fingerprint density at radius 2 is 2.06 bits per heavy atom. The molecule has 0 aromatic heterocycles.